The van der Waals surface area contributed by atoms with Crippen molar-refractivity contribution in [3.8, 4) is 0 Å². The third kappa shape index (κ3) is 5.45. The summed E-state index contributed by atoms with van der Waals surface area (Å²) in [6.45, 7) is 1.59. The number of rotatable bonds is 7. The molecule has 2 N–H and O–H groups in total. The van der Waals surface area contributed by atoms with Crippen LogP contribution in [0.15, 0.2) is 53.1 Å². The van der Waals surface area contributed by atoms with Crippen molar-refractivity contribution in [3.63, 3.8) is 0 Å². The van der Waals surface area contributed by atoms with E-state index in [9.17, 15) is 14.4 Å². The minimum absolute atomic E-state index is 0.0129. The molecule has 0 saturated carbocycles. The number of furan rings is 1. The van der Waals surface area contributed by atoms with Gasteiger partial charge in [0.1, 0.15) is 0 Å². The van der Waals surface area contributed by atoms with Crippen molar-refractivity contribution < 1.29 is 18.8 Å². The maximum atomic E-state index is 12.4. The van der Waals surface area contributed by atoms with Crippen LogP contribution in [0, 0.1) is 5.92 Å². The van der Waals surface area contributed by atoms with Gasteiger partial charge in [0.25, 0.3) is 5.91 Å². The molecule has 1 aromatic heterocycles. The molecule has 3 rings (SSSR count). The average Bonchev–Trinajstić information content (AvgIpc) is 3.27. The highest BCUT2D eigenvalue weighted by atomic mass is 16.3. The highest BCUT2D eigenvalue weighted by molar-refractivity contribution is 5.93. The third-order valence-corrected chi connectivity index (χ3v) is 4.86. The summed E-state index contributed by atoms with van der Waals surface area (Å²) in [5.74, 6) is -0.00480. The zero-order chi connectivity index (χ0) is 19.8. The second-order valence-corrected chi connectivity index (χ2v) is 6.85. The number of benzene rings is 1. The van der Waals surface area contributed by atoms with Gasteiger partial charge in [-0.15, -0.1) is 0 Å². The quantitative estimate of drug-likeness (QED) is 0.719. The van der Waals surface area contributed by atoms with E-state index in [4.69, 9.17) is 4.42 Å². The number of anilines is 1. The molecular formula is C21H25N3O4. The molecule has 0 unspecified atom stereocenters. The number of nitrogens with one attached hydrogen (secondary N) is 2. The Morgan fingerprint density at radius 3 is 2.46 bits per heavy atom. The number of likely N-dealkylation sites (tertiary alicyclic amines) is 1. The maximum absolute atomic E-state index is 12.4. The Hall–Kier alpha value is -3.09. The van der Waals surface area contributed by atoms with Crippen molar-refractivity contribution in [1.82, 2.24) is 10.2 Å². The summed E-state index contributed by atoms with van der Waals surface area (Å²) >= 11 is 0. The molecule has 0 bridgehead atoms. The summed E-state index contributed by atoms with van der Waals surface area (Å²) < 4.78 is 5.02. The summed E-state index contributed by atoms with van der Waals surface area (Å²) in [7, 11) is 0. The van der Waals surface area contributed by atoms with Crippen LogP contribution in [0.3, 0.4) is 0 Å². The number of piperidine rings is 1. The summed E-state index contributed by atoms with van der Waals surface area (Å²) in [5, 5.41) is 5.66. The van der Waals surface area contributed by atoms with Crippen LogP contribution in [0.25, 0.3) is 0 Å². The van der Waals surface area contributed by atoms with E-state index in [2.05, 4.69) is 10.6 Å². The average molecular weight is 383 g/mol. The van der Waals surface area contributed by atoms with E-state index >= 15 is 0 Å². The smallest absolute Gasteiger partial charge is 0.286 e. The molecule has 0 atom stereocenters. The summed E-state index contributed by atoms with van der Waals surface area (Å²) in [6, 6.07) is 12.6. The lowest BCUT2D eigenvalue weighted by molar-refractivity contribution is -0.134. The molecule has 28 heavy (non-hydrogen) atoms. The second-order valence-electron chi connectivity index (χ2n) is 6.85. The number of hydrogen-bond acceptors (Lipinski definition) is 4. The van der Waals surface area contributed by atoms with Crippen LogP contribution in [0.2, 0.25) is 0 Å². The molecular weight excluding hydrogens is 358 g/mol. The molecule has 0 aliphatic carbocycles. The van der Waals surface area contributed by atoms with Gasteiger partial charge >= 0.3 is 0 Å². The van der Waals surface area contributed by atoms with Crippen LogP contribution >= 0.6 is 0 Å². The van der Waals surface area contributed by atoms with Gasteiger partial charge in [-0.25, -0.2) is 0 Å². The Balaban J connectivity index is 1.33. The molecule has 148 valence electrons. The van der Waals surface area contributed by atoms with Crippen LogP contribution in [-0.4, -0.2) is 42.3 Å². The van der Waals surface area contributed by atoms with Gasteiger partial charge in [-0.05, 0) is 43.5 Å². The summed E-state index contributed by atoms with van der Waals surface area (Å²) in [5.41, 5.74) is 0.794. The van der Waals surface area contributed by atoms with Crippen LogP contribution in [-0.2, 0) is 9.59 Å². The molecule has 1 saturated heterocycles. The highest BCUT2D eigenvalue weighted by Gasteiger charge is 2.27. The Kier molecular flexibility index (Phi) is 6.84. The van der Waals surface area contributed by atoms with Gasteiger partial charge in [-0.2, -0.15) is 0 Å². The van der Waals surface area contributed by atoms with Gasteiger partial charge in [-0.3, -0.25) is 14.4 Å². The first-order valence-corrected chi connectivity index (χ1v) is 9.59. The lowest BCUT2D eigenvalue weighted by atomic mass is 9.95. The first-order valence-electron chi connectivity index (χ1n) is 9.59. The molecule has 3 amide bonds. The maximum Gasteiger partial charge on any atom is 0.286 e. The van der Waals surface area contributed by atoms with E-state index in [1.807, 2.05) is 30.3 Å². The van der Waals surface area contributed by atoms with Crippen LogP contribution in [0.5, 0.6) is 0 Å². The van der Waals surface area contributed by atoms with Crippen LogP contribution in [0.1, 0.15) is 36.2 Å². The third-order valence-electron chi connectivity index (χ3n) is 4.86. The van der Waals surface area contributed by atoms with Gasteiger partial charge in [-0.1, -0.05) is 18.2 Å². The molecule has 0 spiro atoms. The van der Waals surface area contributed by atoms with Gasteiger partial charge in [0.2, 0.25) is 11.8 Å². The van der Waals surface area contributed by atoms with E-state index in [1.54, 1.807) is 17.0 Å². The molecule has 1 aliphatic heterocycles. The minimum Gasteiger partial charge on any atom is -0.459 e. The molecule has 7 heteroatoms. The Morgan fingerprint density at radius 1 is 1.04 bits per heavy atom. The van der Waals surface area contributed by atoms with Crippen molar-refractivity contribution in [2.24, 2.45) is 5.92 Å². The summed E-state index contributed by atoms with van der Waals surface area (Å²) in [6.07, 6.45) is 3.72. The molecule has 7 nitrogen and oxygen atoms in total. The van der Waals surface area contributed by atoms with Gasteiger partial charge in [0.15, 0.2) is 5.76 Å². The van der Waals surface area contributed by atoms with Crippen molar-refractivity contribution in [2.45, 2.75) is 25.7 Å². The number of carbonyl (C=O) groups excluding carboxylic acids is 3. The first-order chi connectivity index (χ1) is 13.6. The normalized spacial score (nSPS) is 14.5. The second kappa shape index (κ2) is 9.73. The fourth-order valence-corrected chi connectivity index (χ4v) is 3.25. The van der Waals surface area contributed by atoms with E-state index in [0.717, 1.165) is 5.69 Å². The van der Waals surface area contributed by atoms with Crippen LogP contribution < -0.4 is 10.6 Å². The monoisotopic (exact) mass is 383 g/mol. The number of nitrogens with zero attached hydrogens (tertiary/aromatic N) is 1. The number of hydrogen-bond donors (Lipinski definition) is 2. The molecule has 0 radical (unpaired) electrons. The van der Waals surface area contributed by atoms with Gasteiger partial charge in [0, 0.05) is 37.7 Å². The highest BCUT2D eigenvalue weighted by Crippen LogP contribution is 2.20. The predicted molar refractivity (Wildman–Crippen MR) is 105 cm³/mol. The first kappa shape index (κ1) is 19.7. The standard InChI is InChI=1S/C21H25N3O4/c25-19(9-4-12-22-21(27)18-8-5-15-28-18)24-13-10-16(11-14-24)20(26)23-17-6-2-1-3-7-17/h1-3,5-8,15-16H,4,9-14H2,(H,22,27)(H,23,26). The van der Waals surface area contributed by atoms with Crippen LogP contribution in [0.4, 0.5) is 5.69 Å². The topological polar surface area (TPSA) is 91.7 Å². The fraction of sp³-hybridized carbons (Fsp3) is 0.381. The molecule has 2 aromatic rings. The lowest BCUT2D eigenvalue weighted by Crippen LogP contribution is -2.41. The van der Waals surface area contributed by atoms with Gasteiger partial charge < -0.3 is 20.0 Å². The van der Waals surface area contributed by atoms with E-state index in [0.29, 0.717) is 45.3 Å². The minimum atomic E-state index is -0.275. The Bertz CT molecular complexity index is 781. The summed E-state index contributed by atoms with van der Waals surface area (Å²) in [4.78, 5) is 38.2. The number of carbonyl (C=O) groups is 3. The Morgan fingerprint density at radius 2 is 1.79 bits per heavy atom. The van der Waals surface area contributed by atoms with E-state index in [1.165, 1.54) is 6.26 Å². The molecule has 1 fully saturated rings. The van der Waals surface area contributed by atoms with E-state index < -0.39 is 0 Å². The lowest BCUT2D eigenvalue weighted by Gasteiger charge is -2.31. The number of amides is 3. The predicted octanol–water partition coefficient (Wildman–Crippen LogP) is 2.67. The molecule has 2 heterocycles. The SMILES string of the molecule is O=C(NCCCC(=O)N1CCC(C(=O)Nc2ccccc2)CC1)c1ccco1. The van der Waals surface area contributed by atoms with Crippen molar-refractivity contribution in [3.05, 3.63) is 54.5 Å². The largest absolute Gasteiger partial charge is 0.459 e. The van der Waals surface area contributed by atoms with E-state index in [-0.39, 0.29) is 29.4 Å². The number of para-hydroxylation sites is 1. The van der Waals surface area contributed by atoms with Crippen molar-refractivity contribution in [2.75, 3.05) is 25.0 Å². The van der Waals surface area contributed by atoms with Crippen molar-refractivity contribution >= 4 is 23.4 Å². The zero-order valence-electron chi connectivity index (χ0n) is 15.7. The zero-order valence-corrected chi connectivity index (χ0v) is 15.7. The molecule has 1 aliphatic rings. The molecule has 1 aromatic carbocycles. The fourth-order valence-electron chi connectivity index (χ4n) is 3.25. The van der Waals surface area contributed by atoms with Gasteiger partial charge in [0.05, 0.1) is 6.26 Å². The van der Waals surface area contributed by atoms with Crippen molar-refractivity contribution in [1.29, 1.82) is 0 Å². The Labute approximate surface area is 164 Å².